The van der Waals surface area contributed by atoms with Crippen LogP contribution in [0.5, 0.6) is 0 Å². The van der Waals surface area contributed by atoms with Crippen molar-refractivity contribution >= 4 is 5.78 Å². The number of hydrogen-bond acceptors (Lipinski definition) is 1. The van der Waals surface area contributed by atoms with Gasteiger partial charge in [-0.05, 0) is 18.3 Å². The van der Waals surface area contributed by atoms with Crippen LogP contribution in [0.25, 0.3) is 0 Å². The number of ketones is 1. The highest BCUT2D eigenvalue weighted by Crippen LogP contribution is 2.54. The van der Waals surface area contributed by atoms with E-state index in [1.807, 2.05) is 6.92 Å². The summed E-state index contributed by atoms with van der Waals surface area (Å²) < 4.78 is 0. The molecule has 0 aliphatic heterocycles. The molecule has 0 aromatic heterocycles. The highest BCUT2D eigenvalue weighted by Gasteiger charge is 2.49. The molecule has 0 radical (unpaired) electrons. The highest BCUT2D eigenvalue weighted by atomic mass is 16.1. The molecule has 0 spiro atoms. The smallest absolute Gasteiger partial charge is 0.138 e. The van der Waals surface area contributed by atoms with Crippen LogP contribution in [-0.4, -0.2) is 5.78 Å². The Bertz CT molecular complexity index is 171. The molecule has 11 heavy (non-hydrogen) atoms. The number of Topliss-reactive ketones (excluding diaryl/α,β-unsaturated/α-hetero) is 1. The second-order valence-electron chi connectivity index (χ2n) is 4.86. The van der Waals surface area contributed by atoms with Gasteiger partial charge in [0, 0.05) is 11.8 Å². The second-order valence-corrected chi connectivity index (χ2v) is 4.86. The molecule has 0 aromatic carbocycles. The van der Waals surface area contributed by atoms with Crippen molar-refractivity contribution in [1.29, 1.82) is 0 Å². The van der Waals surface area contributed by atoms with E-state index >= 15 is 0 Å². The number of rotatable bonds is 2. The van der Waals surface area contributed by atoms with Crippen LogP contribution in [0, 0.1) is 10.8 Å². The third-order valence-electron chi connectivity index (χ3n) is 2.73. The van der Waals surface area contributed by atoms with Crippen molar-refractivity contribution < 1.29 is 4.79 Å². The van der Waals surface area contributed by atoms with Crippen LogP contribution in [0.4, 0.5) is 0 Å². The van der Waals surface area contributed by atoms with Crippen LogP contribution in [0.2, 0.25) is 0 Å². The van der Waals surface area contributed by atoms with Gasteiger partial charge in [-0.3, -0.25) is 4.79 Å². The molecule has 0 heterocycles. The van der Waals surface area contributed by atoms with Gasteiger partial charge in [-0.2, -0.15) is 0 Å². The molecule has 1 nitrogen and oxygen atoms in total. The van der Waals surface area contributed by atoms with E-state index in [-0.39, 0.29) is 5.41 Å². The molecule has 0 amide bonds. The van der Waals surface area contributed by atoms with E-state index in [0.29, 0.717) is 17.6 Å². The summed E-state index contributed by atoms with van der Waals surface area (Å²) in [5.41, 5.74) is 0.442. The summed E-state index contributed by atoms with van der Waals surface area (Å²) in [5, 5.41) is 0. The first-order chi connectivity index (χ1) is 4.90. The average Bonchev–Trinajstić information content (AvgIpc) is 1.81. The van der Waals surface area contributed by atoms with E-state index < -0.39 is 0 Å². The Morgan fingerprint density at radius 1 is 1.27 bits per heavy atom. The standard InChI is InChI=1S/C10H18O/c1-5-8(11)10(4)6-9(2,3)7-10/h5-7H2,1-4H3. The summed E-state index contributed by atoms with van der Waals surface area (Å²) in [6.07, 6.45) is 2.85. The molecule has 0 N–H and O–H groups in total. The predicted molar refractivity (Wildman–Crippen MR) is 46.4 cm³/mol. The highest BCUT2D eigenvalue weighted by molar-refractivity contribution is 5.85. The van der Waals surface area contributed by atoms with Gasteiger partial charge in [-0.1, -0.05) is 27.7 Å². The van der Waals surface area contributed by atoms with Gasteiger partial charge < -0.3 is 0 Å². The van der Waals surface area contributed by atoms with E-state index in [1.54, 1.807) is 0 Å². The predicted octanol–water partition coefficient (Wildman–Crippen LogP) is 2.79. The minimum Gasteiger partial charge on any atom is -0.299 e. The van der Waals surface area contributed by atoms with E-state index in [2.05, 4.69) is 20.8 Å². The summed E-state index contributed by atoms with van der Waals surface area (Å²) >= 11 is 0. The lowest BCUT2D eigenvalue weighted by Gasteiger charge is -2.50. The van der Waals surface area contributed by atoms with E-state index in [1.165, 1.54) is 0 Å². The Kier molecular flexibility index (Phi) is 1.85. The first-order valence-electron chi connectivity index (χ1n) is 4.43. The van der Waals surface area contributed by atoms with Crippen molar-refractivity contribution in [3.63, 3.8) is 0 Å². The van der Waals surface area contributed by atoms with E-state index in [9.17, 15) is 4.79 Å². The van der Waals surface area contributed by atoms with Gasteiger partial charge in [0.05, 0.1) is 0 Å². The molecule has 0 bridgehead atoms. The number of carbonyl (C=O) groups is 1. The van der Waals surface area contributed by atoms with Crippen LogP contribution in [0.3, 0.4) is 0 Å². The largest absolute Gasteiger partial charge is 0.299 e. The molecule has 0 saturated heterocycles. The maximum Gasteiger partial charge on any atom is 0.138 e. The van der Waals surface area contributed by atoms with Gasteiger partial charge in [0.25, 0.3) is 0 Å². The Morgan fingerprint density at radius 2 is 1.73 bits per heavy atom. The van der Waals surface area contributed by atoms with E-state index in [4.69, 9.17) is 0 Å². The van der Waals surface area contributed by atoms with Crippen LogP contribution in [0.1, 0.15) is 47.0 Å². The minimum atomic E-state index is 0.0260. The molecule has 1 rings (SSSR count). The van der Waals surface area contributed by atoms with Gasteiger partial charge in [0.1, 0.15) is 5.78 Å². The van der Waals surface area contributed by atoms with Gasteiger partial charge in [-0.25, -0.2) is 0 Å². The van der Waals surface area contributed by atoms with Crippen molar-refractivity contribution in [1.82, 2.24) is 0 Å². The fourth-order valence-electron chi connectivity index (χ4n) is 2.68. The van der Waals surface area contributed by atoms with Crippen LogP contribution in [0.15, 0.2) is 0 Å². The molecular weight excluding hydrogens is 136 g/mol. The minimum absolute atomic E-state index is 0.0260. The fraction of sp³-hybridized carbons (Fsp3) is 0.900. The zero-order valence-corrected chi connectivity index (χ0v) is 8.03. The molecule has 0 atom stereocenters. The lowest BCUT2D eigenvalue weighted by molar-refractivity contribution is -0.139. The first kappa shape index (κ1) is 8.76. The van der Waals surface area contributed by atoms with Crippen LogP contribution < -0.4 is 0 Å². The topological polar surface area (TPSA) is 17.1 Å². The normalized spacial score (nSPS) is 25.8. The van der Waals surface area contributed by atoms with Gasteiger partial charge >= 0.3 is 0 Å². The fourth-order valence-corrected chi connectivity index (χ4v) is 2.68. The zero-order valence-electron chi connectivity index (χ0n) is 8.03. The summed E-state index contributed by atoms with van der Waals surface area (Å²) in [5.74, 6) is 0.442. The van der Waals surface area contributed by atoms with Crippen molar-refractivity contribution in [3.8, 4) is 0 Å². The average molecular weight is 154 g/mol. The van der Waals surface area contributed by atoms with Gasteiger partial charge in [-0.15, -0.1) is 0 Å². The maximum atomic E-state index is 11.4. The summed E-state index contributed by atoms with van der Waals surface area (Å²) in [6, 6.07) is 0. The SMILES string of the molecule is CCC(=O)C1(C)CC(C)(C)C1. The van der Waals surface area contributed by atoms with E-state index in [0.717, 1.165) is 12.8 Å². The lowest BCUT2D eigenvalue weighted by Crippen LogP contribution is -2.46. The molecule has 1 aliphatic rings. The van der Waals surface area contributed by atoms with Crippen molar-refractivity contribution in [3.05, 3.63) is 0 Å². The van der Waals surface area contributed by atoms with Gasteiger partial charge in [0.2, 0.25) is 0 Å². The summed E-state index contributed by atoms with van der Waals surface area (Å²) in [6.45, 7) is 8.53. The third kappa shape index (κ3) is 1.47. The lowest BCUT2D eigenvalue weighted by atomic mass is 9.53. The molecule has 1 fully saturated rings. The Labute approximate surface area is 69.2 Å². The Hall–Kier alpha value is -0.330. The molecule has 1 saturated carbocycles. The molecular formula is C10H18O. The van der Waals surface area contributed by atoms with Crippen molar-refractivity contribution in [2.45, 2.75) is 47.0 Å². The molecule has 0 unspecified atom stereocenters. The second kappa shape index (κ2) is 2.33. The Balaban J connectivity index is 2.56. The molecule has 0 aromatic rings. The maximum absolute atomic E-state index is 11.4. The van der Waals surface area contributed by atoms with Crippen LogP contribution in [-0.2, 0) is 4.79 Å². The monoisotopic (exact) mass is 154 g/mol. The zero-order chi connectivity index (χ0) is 8.70. The Morgan fingerprint density at radius 3 is 2.00 bits per heavy atom. The number of carbonyl (C=O) groups excluding carboxylic acids is 1. The van der Waals surface area contributed by atoms with Crippen LogP contribution >= 0.6 is 0 Å². The summed E-state index contributed by atoms with van der Waals surface area (Å²) in [4.78, 5) is 11.4. The van der Waals surface area contributed by atoms with Crippen molar-refractivity contribution in [2.24, 2.45) is 10.8 Å². The molecule has 64 valence electrons. The number of hydrogen-bond donors (Lipinski definition) is 0. The molecule has 1 aliphatic carbocycles. The quantitative estimate of drug-likeness (QED) is 0.597. The first-order valence-corrected chi connectivity index (χ1v) is 4.43. The summed E-state index contributed by atoms with van der Waals surface area (Å²) in [7, 11) is 0. The van der Waals surface area contributed by atoms with Gasteiger partial charge in [0.15, 0.2) is 0 Å². The van der Waals surface area contributed by atoms with Crippen molar-refractivity contribution in [2.75, 3.05) is 0 Å². The molecule has 1 heteroatoms. The third-order valence-corrected chi connectivity index (χ3v) is 2.73.